The molecule has 0 unspecified atom stereocenters. The summed E-state index contributed by atoms with van der Waals surface area (Å²) in [5.41, 5.74) is 12.7. The van der Waals surface area contributed by atoms with Crippen molar-refractivity contribution in [1.82, 2.24) is 25.1 Å². The zero-order valence-electron chi connectivity index (χ0n) is 8.23. The standard InChI is InChI=1S/C8H11N7/c1-2-4-5(7-11-3-12-15-7)6(9)14-8(10)13-4/h3H,2H2,1H3,(H,11,12,15)(H4,9,10,13,14). The molecule has 7 nitrogen and oxygen atoms in total. The van der Waals surface area contributed by atoms with Crippen LogP contribution in [0.25, 0.3) is 11.4 Å². The fourth-order valence-corrected chi connectivity index (χ4v) is 1.39. The highest BCUT2D eigenvalue weighted by atomic mass is 15.2. The molecule has 2 rings (SSSR count). The predicted molar refractivity (Wildman–Crippen MR) is 55.6 cm³/mol. The number of nitrogens with one attached hydrogen (secondary N) is 1. The Balaban J connectivity index is 2.64. The van der Waals surface area contributed by atoms with Crippen molar-refractivity contribution in [1.29, 1.82) is 0 Å². The normalized spacial score (nSPS) is 10.5. The van der Waals surface area contributed by atoms with E-state index in [4.69, 9.17) is 11.5 Å². The molecule has 0 aromatic carbocycles. The maximum absolute atomic E-state index is 5.77. The second-order valence-electron chi connectivity index (χ2n) is 2.98. The van der Waals surface area contributed by atoms with Gasteiger partial charge in [-0.1, -0.05) is 6.92 Å². The number of aromatic nitrogens is 5. The molecule has 7 heteroatoms. The monoisotopic (exact) mass is 205 g/mol. The number of anilines is 2. The van der Waals surface area contributed by atoms with Gasteiger partial charge in [0.25, 0.3) is 0 Å². The summed E-state index contributed by atoms with van der Waals surface area (Å²) in [5.74, 6) is 1.05. The molecule has 2 heterocycles. The van der Waals surface area contributed by atoms with Crippen molar-refractivity contribution in [2.45, 2.75) is 13.3 Å². The molecule has 78 valence electrons. The van der Waals surface area contributed by atoms with E-state index in [1.807, 2.05) is 6.92 Å². The van der Waals surface area contributed by atoms with Crippen LogP contribution in [-0.4, -0.2) is 25.1 Å². The number of nitrogens with two attached hydrogens (primary N) is 2. The minimum Gasteiger partial charge on any atom is -0.383 e. The third-order valence-corrected chi connectivity index (χ3v) is 2.02. The van der Waals surface area contributed by atoms with Gasteiger partial charge in [0.05, 0.1) is 11.3 Å². The van der Waals surface area contributed by atoms with Crippen LogP contribution >= 0.6 is 0 Å². The van der Waals surface area contributed by atoms with Crippen LogP contribution in [-0.2, 0) is 6.42 Å². The lowest BCUT2D eigenvalue weighted by molar-refractivity contribution is 1.00. The van der Waals surface area contributed by atoms with E-state index in [-0.39, 0.29) is 5.95 Å². The van der Waals surface area contributed by atoms with E-state index >= 15 is 0 Å². The van der Waals surface area contributed by atoms with Gasteiger partial charge in [-0.2, -0.15) is 4.98 Å². The molecular weight excluding hydrogens is 194 g/mol. The number of aryl methyl sites for hydroxylation is 1. The topological polar surface area (TPSA) is 119 Å². The number of aromatic amines is 1. The Kier molecular flexibility index (Phi) is 2.20. The Bertz CT molecular complexity index is 462. The first-order valence-electron chi connectivity index (χ1n) is 4.50. The van der Waals surface area contributed by atoms with Crippen LogP contribution in [0.1, 0.15) is 12.6 Å². The highest BCUT2D eigenvalue weighted by Crippen LogP contribution is 2.24. The van der Waals surface area contributed by atoms with Crippen molar-refractivity contribution < 1.29 is 0 Å². The number of H-pyrrole nitrogens is 1. The maximum atomic E-state index is 5.77. The molecular formula is C8H11N7. The summed E-state index contributed by atoms with van der Waals surface area (Å²) in [7, 11) is 0. The summed E-state index contributed by atoms with van der Waals surface area (Å²) in [6.07, 6.45) is 2.18. The Morgan fingerprint density at radius 3 is 2.73 bits per heavy atom. The van der Waals surface area contributed by atoms with E-state index in [1.165, 1.54) is 6.33 Å². The van der Waals surface area contributed by atoms with Crippen LogP contribution in [0.5, 0.6) is 0 Å². The molecule has 0 fully saturated rings. The minimum absolute atomic E-state index is 0.174. The largest absolute Gasteiger partial charge is 0.383 e. The minimum atomic E-state index is 0.174. The Morgan fingerprint density at radius 1 is 1.33 bits per heavy atom. The zero-order chi connectivity index (χ0) is 10.8. The van der Waals surface area contributed by atoms with Gasteiger partial charge in [0.2, 0.25) is 5.95 Å². The number of nitrogens with zero attached hydrogens (tertiary/aromatic N) is 4. The molecule has 0 aliphatic carbocycles. The summed E-state index contributed by atoms with van der Waals surface area (Å²) in [5, 5.41) is 7.57. The first kappa shape index (κ1) is 9.38. The molecule has 0 spiro atoms. The Labute approximate surface area is 86.0 Å². The summed E-state index contributed by atoms with van der Waals surface area (Å²) < 4.78 is 0. The van der Waals surface area contributed by atoms with Gasteiger partial charge in [-0.25, -0.2) is 4.98 Å². The van der Waals surface area contributed by atoms with Crippen molar-refractivity contribution in [3.8, 4) is 11.4 Å². The highest BCUT2D eigenvalue weighted by molar-refractivity contribution is 5.71. The number of nitrogen functional groups attached to an aromatic ring is 2. The van der Waals surface area contributed by atoms with E-state index in [2.05, 4.69) is 25.1 Å². The molecule has 0 atom stereocenters. The molecule has 0 aliphatic heterocycles. The van der Waals surface area contributed by atoms with Crippen LogP contribution in [0, 0.1) is 0 Å². The average Bonchev–Trinajstić information content (AvgIpc) is 2.69. The third-order valence-electron chi connectivity index (χ3n) is 2.02. The summed E-state index contributed by atoms with van der Waals surface area (Å²) >= 11 is 0. The fourth-order valence-electron chi connectivity index (χ4n) is 1.39. The molecule has 0 radical (unpaired) electrons. The Hall–Kier alpha value is -2.18. The van der Waals surface area contributed by atoms with Gasteiger partial charge in [-0.05, 0) is 6.42 Å². The highest BCUT2D eigenvalue weighted by Gasteiger charge is 2.14. The lowest BCUT2D eigenvalue weighted by Crippen LogP contribution is -2.06. The van der Waals surface area contributed by atoms with Crippen LogP contribution in [0.15, 0.2) is 6.33 Å². The van der Waals surface area contributed by atoms with E-state index in [1.54, 1.807) is 0 Å². The van der Waals surface area contributed by atoms with Crippen LogP contribution in [0.4, 0.5) is 11.8 Å². The van der Waals surface area contributed by atoms with Gasteiger partial charge >= 0.3 is 0 Å². The van der Waals surface area contributed by atoms with Crippen molar-refractivity contribution >= 4 is 11.8 Å². The summed E-state index contributed by atoms with van der Waals surface area (Å²) in [6, 6.07) is 0. The molecule has 2 aromatic heterocycles. The quantitative estimate of drug-likeness (QED) is 0.634. The number of hydrogen-bond acceptors (Lipinski definition) is 6. The van der Waals surface area contributed by atoms with Crippen LogP contribution < -0.4 is 11.5 Å². The van der Waals surface area contributed by atoms with Gasteiger partial charge in [0.15, 0.2) is 5.82 Å². The van der Waals surface area contributed by atoms with Gasteiger partial charge in [-0.3, -0.25) is 0 Å². The van der Waals surface area contributed by atoms with Gasteiger partial charge in [-0.15, -0.1) is 10.2 Å². The van der Waals surface area contributed by atoms with Gasteiger partial charge < -0.3 is 16.5 Å². The average molecular weight is 205 g/mol. The lowest BCUT2D eigenvalue weighted by Gasteiger charge is -2.07. The molecule has 0 saturated carbocycles. The van der Waals surface area contributed by atoms with Crippen molar-refractivity contribution in [2.75, 3.05) is 11.5 Å². The van der Waals surface area contributed by atoms with Gasteiger partial charge in [0, 0.05) is 0 Å². The maximum Gasteiger partial charge on any atom is 0.222 e. The van der Waals surface area contributed by atoms with Crippen molar-refractivity contribution in [3.05, 3.63) is 12.0 Å². The smallest absolute Gasteiger partial charge is 0.222 e. The van der Waals surface area contributed by atoms with E-state index < -0.39 is 0 Å². The molecule has 0 bridgehead atoms. The van der Waals surface area contributed by atoms with E-state index in [0.29, 0.717) is 23.6 Å². The van der Waals surface area contributed by atoms with E-state index in [0.717, 1.165) is 5.69 Å². The van der Waals surface area contributed by atoms with Crippen LogP contribution in [0.3, 0.4) is 0 Å². The number of hydrogen-bond donors (Lipinski definition) is 3. The molecule has 5 N–H and O–H groups in total. The molecule has 2 aromatic rings. The van der Waals surface area contributed by atoms with Crippen LogP contribution in [0.2, 0.25) is 0 Å². The molecule has 0 amide bonds. The first-order chi connectivity index (χ1) is 7.22. The lowest BCUT2D eigenvalue weighted by atomic mass is 10.1. The molecule has 0 aliphatic rings. The SMILES string of the molecule is CCc1nc(N)nc(N)c1-c1nnc[nH]1. The second-order valence-corrected chi connectivity index (χ2v) is 2.98. The van der Waals surface area contributed by atoms with Crippen molar-refractivity contribution in [2.24, 2.45) is 0 Å². The zero-order valence-corrected chi connectivity index (χ0v) is 8.23. The third kappa shape index (κ3) is 1.58. The number of rotatable bonds is 2. The van der Waals surface area contributed by atoms with Gasteiger partial charge in [0.1, 0.15) is 12.1 Å². The Morgan fingerprint density at radius 2 is 2.13 bits per heavy atom. The van der Waals surface area contributed by atoms with E-state index in [9.17, 15) is 0 Å². The summed E-state index contributed by atoms with van der Waals surface area (Å²) in [4.78, 5) is 10.9. The first-order valence-corrected chi connectivity index (χ1v) is 4.50. The predicted octanol–water partition coefficient (Wildman–Crippen LogP) is -0.0115. The molecule has 15 heavy (non-hydrogen) atoms. The summed E-state index contributed by atoms with van der Waals surface area (Å²) in [6.45, 7) is 1.96. The molecule has 0 saturated heterocycles. The fraction of sp³-hybridized carbons (Fsp3) is 0.250. The second kappa shape index (κ2) is 3.52. The van der Waals surface area contributed by atoms with Crippen molar-refractivity contribution in [3.63, 3.8) is 0 Å².